The van der Waals surface area contributed by atoms with Crippen molar-refractivity contribution >= 4 is 28.3 Å². The maximum absolute atomic E-state index is 13.0. The predicted molar refractivity (Wildman–Crippen MR) is 119 cm³/mol. The van der Waals surface area contributed by atoms with Gasteiger partial charge in [0.15, 0.2) is 0 Å². The third-order valence-corrected chi connectivity index (χ3v) is 6.27. The van der Waals surface area contributed by atoms with Gasteiger partial charge in [-0.05, 0) is 43.9 Å². The predicted octanol–water partition coefficient (Wildman–Crippen LogP) is 4.32. The van der Waals surface area contributed by atoms with E-state index < -0.39 is 6.04 Å². The van der Waals surface area contributed by atoms with E-state index in [1.54, 1.807) is 4.90 Å². The van der Waals surface area contributed by atoms with Crippen molar-refractivity contribution in [2.24, 2.45) is 0 Å². The fourth-order valence-corrected chi connectivity index (χ4v) is 4.36. The van der Waals surface area contributed by atoms with Crippen LogP contribution < -0.4 is 5.32 Å². The molecule has 2 aromatic carbocycles. The highest BCUT2D eigenvalue weighted by Crippen LogP contribution is 2.28. The highest BCUT2D eigenvalue weighted by molar-refractivity contribution is 7.18. The molecule has 3 aromatic rings. The van der Waals surface area contributed by atoms with E-state index in [1.165, 1.54) is 22.5 Å². The van der Waals surface area contributed by atoms with Crippen LogP contribution >= 0.6 is 11.3 Å². The van der Waals surface area contributed by atoms with E-state index in [-0.39, 0.29) is 11.8 Å². The first-order chi connectivity index (χ1) is 14.5. The molecule has 1 atom stereocenters. The number of aromatic nitrogens is 2. The molecule has 0 spiro atoms. The maximum Gasteiger partial charge on any atom is 0.254 e. The van der Waals surface area contributed by atoms with Crippen molar-refractivity contribution in [1.82, 2.24) is 15.1 Å². The number of hydrogen-bond acceptors (Lipinski definition) is 5. The quantitative estimate of drug-likeness (QED) is 0.667. The molecule has 4 rings (SSSR count). The number of aryl methyl sites for hydroxylation is 2. The van der Waals surface area contributed by atoms with Gasteiger partial charge in [-0.2, -0.15) is 0 Å². The van der Waals surface area contributed by atoms with Gasteiger partial charge in [-0.1, -0.05) is 60.2 Å². The third kappa shape index (κ3) is 4.26. The van der Waals surface area contributed by atoms with Crippen LogP contribution in [0.3, 0.4) is 0 Å². The molecule has 0 saturated carbocycles. The Bertz CT molecular complexity index is 1040. The molecule has 1 N–H and O–H groups in total. The number of anilines is 1. The topological polar surface area (TPSA) is 75.2 Å². The van der Waals surface area contributed by atoms with Crippen molar-refractivity contribution in [2.75, 3.05) is 11.9 Å². The molecule has 2 heterocycles. The van der Waals surface area contributed by atoms with Crippen molar-refractivity contribution in [3.63, 3.8) is 0 Å². The molecule has 1 aliphatic heterocycles. The second-order valence-corrected chi connectivity index (χ2v) is 8.45. The minimum Gasteiger partial charge on any atom is -0.327 e. The monoisotopic (exact) mass is 420 g/mol. The Morgan fingerprint density at radius 2 is 1.83 bits per heavy atom. The van der Waals surface area contributed by atoms with E-state index in [1.807, 2.05) is 55.5 Å². The Hall–Kier alpha value is -3.06. The Balaban J connectivity index is 1.44. The smallest absolute Gasteiger partial charge is 0.254 e. The van der Waals surface area contributed by atoms with Gasteiger partial charge in [0.2, 0.25) is 11.0 Å². The maximum atomic E-state index is 13.0. The van der Waals surface area contributed by atoms with Gasteiger partial charge < -0.3 is 4.90 Å². The summed E-state index contributed by atoms with van der Waals surface area (Å²) in [7, 11) is 0. The third-order valence-electron chi connectivity index (χ3n) is 5.38. The Morgan fingerprint density at radius 3 is 2.53 bits per heavy atom. The summed E-state index contributed by atoms with van der Waals surface area (Å²) in [5, 5.41) is 12.3. The fourth-order valence-electron chi connectivity index (χ4n) is 3.61. The van der Waals surface area contributed by atoms with Gasteiger partial charge in [0.1, 0.15) is 11.0 Å². The molecule has 0 aliphatic carbocycles. The van der Waals surface area contributed by atoms with Gasteiger partial charge in [0, 0.05) is 17.7 Å². The zero-order valence-corrected chi connectivity index (χ0v) is 17.9. The molecule has 154 valence electrons. The van der Waals surface area contributed by atoms with Crippen molar-refractivity contribution in [2.45, 2.75) is 39.2 Å². The van der Waals surface area contributed by atoms with Crippen molar-refractivity contribution in [3.8, 4) is 10.6 Å². The van der Waals surface area contributed by atoms with Crippen LogP contribution in [-0.4, -0.2) is 39.5 Å². The molecule has 1 aromatic heterocycles. The highest BCUT2D eigenvalue weighted by atomic mass is 32.1. The first kappa shape index (κ1) is 20.2. The summed E-state index contributed by atoms with van der Waals surface area (Å²) in [6, 6.07) is 15.1. The summed E-state index contributed by atoms with van der Waals surface area (Å²) < 4.78 is 0. The fraction of sp³-hybridized carbons (Fsp3) is 0.304. The van der Waals surface area contributed by atoms with Gasteiger partial charge in [0.25, 0.3) is 5.91 Å². The average molecular weight is 421 g/mol. The molecule has 1 saturated heterocycles. The van der Waals surface area contributed by atoms with E-state index in [0.29, 0.717) is 23.7 Å². The molecule has 1 fully saturated rings. The number of carbonyl (C=O) groups is 2. The molecule has 1 unspecified atom stereocenters. The van der Waals surface area contributed by atoms with Crippen molar-refractivity contribution < 1.29 is 9.59 Å². The number of benzene rings is 2. The van der Waals surface area contributed by atoms with Crippen molar-refractivity contribution in [3.05, 3.63) is 65.2 Å². The lowest BCUT2D eigenvalue weighted by Crippen LogP contribution is -2.43. The number of amides is 2. The summed E-state index contributed by atoms with van der Waals surface area (Å²) in [5.74, 6) is -0.314. The largest absolute Gasteiger partial charge is 0.327 e. The second-order valence-electron chi connectivity index (χ2n) is 7.47. The lowest BCUT2D eigenvalue weighted by molar-refractivity contribution is -0.119. The molecular formula is C23H24N4O2S. The number of nitrogens with one attached hydrogen (secondary N) is 1. The lowest BCUT2D eigenvalue weighted by atomic mass is 10.1. The molecule has 6 nitrogen and oxygen atoms in total. The Morgan fingerprint density at radius 1 is 1.10 bits per heavy atom. The van der Waals surface area contributed by atoms with Crippen LogP contribution in [0, 0.1) is 6.92 Å². The zero-order valence-electron chi connectivity index (χ0n) is 17.1. The van der Waals surface area contributed by atoms with Crippen LogP contribution in [0.1, 0.15) is 41.3 Å². The number of hydrogen-bond donors (Lipinski definition) is 1. The van der Waals surface area contributed by atoms with Gasteiger partial charge >= 0.3 is 0 Å². The summed E-state index contributed by atoms with van der Waals surface area (Å²) in [6.45, 7) is 4.69. The first-order valence-electron chi connectivity index (χ1n) is 10.2. The van der Waals surface area contributed by atoms with E-state index in [2.05, 4.69) is 22.4 Å². The SMILES string of the molecule is CCc1ccc(C(=O)N2CCCC2C(=O)Nc2nnc(-c3ccc(C)cc3)s2)cc1. The number of carbonyl (C=O) groups excluding carboxylic acids is 2. The van der Waals surface area contributed by atoms with Crippen LogP contribution in [0.25, 0.3) is 10.6 Å². The minimum atomic E-state index is -0.491. The Kier molecular flexibility index (Phi) is 5.90. The van der Waals surface area contributed by atoms with Gasteiger partial charge in [-0.3, -0.25) is 14.9 Å². The number of nitrogens with zero attached hydrogens (tertiary/aromatic N) is 3. The van der Waals surface area contributed by atoms with E-state index >= 15 is 0 Å². The summed E-state index contributed by atoms with van der Waals surface area (Å²) in [4.78, 5) is 27.5. The normalized spacial score (nSPS) is 15.9. The molecule has 1 aliphatic rings. The summed E-state index contributed by atoms with van der Waals surface area (Å²) >= 11 is 1.33. The molecule has 2 amide bonds. The standard InChI is InChI=1S/C23H24N4O2S/c1-3-16-8-12-18(13-9-16)22(29)27-14-4-5-19(27)20(28)24-23-26-25-21(30-23)17-10-6-15(2)7-11-17/h6-13,19H,3-5,14H2,1-2H3,(H,24,26,28). The van der Waals surface area contributed by atoms with Crippen molar-refractivity contribution in [1.29, 1.82) is 0 Å². The number of likely N-dealkylation sites (tertiary alicyclic amines) is 1. The van der Waals surface area contributed by atoms with Crippen LogP contribution in [-0.2, 0) is 11.2 Å². The van der Waals surface area contributed by atoms with Crippen LogP contribution in [0.15, 0.2) is 48.5 Å². The zero-order chi connectivity index (χ0) is 21.1. The molecule has 0 radical (unpaired) electrons. The molecule has 30 heavy (non-hydrogen) atoms. The van der Waals surface area contributed by atoms with E-state index in [0.717, 1.165) is 23.4 Å². The minimum absolute atomic E-state index is 0.104. The van der Waals surface area contributed by atoms with Crippen LogP contribution in [0.5, 0.6) is 0 Å². The molecule has 0 bridgehead atoms. The van der Waals surface area contributed by atoms with E-state index in [9.17, 15) is 9.59 Å². The molecular weight excluding hydrogens is 396 g/mol. The second kappa shape index (κ2) is 8.75. The Labute approximate surface area is 180 Å². The van der Waals surface area contributed by atoms with Gasteiger partial charge in [-0.15, -0.1) is 10.2 Å². The highest BCUT2D eigenvalue weighted by Gasteiger charge is 2.35. The first-order valence-corrected chi connectivity index (χ1v) is 11.0. The molecule has 7 heteroatoms. The van der Waals surface area contributed by atoms with Crippen LogP contribution in [0.4, 0.5) is 5.13 Å². The van der Waals surface area contributed by atoms with E-state index in [4.69, 9.17) is 0 Å². The lowest BCUT2D eigenvalue weighted by Gasteiger charge is -2.23. The average Bonchev–Trinajstić information content (AvgIpc) is 3.44. The number of rotatable bonds is 5. The van der Waals surface area contributed by atoms with Gasteiger partial charge in [0.05, 0.1) is 0 Å². The van der Waals surface area contributed by atoms with Crippen LogP contribution in [0.2, 0.25) is 0 Å². The van der Waals surface area contributed by atoms with Gasteiger partial charge in [-0.25, -0.2) is 0 Å². The summed E-state index contributed by atoms with van der Waals surface area (Å²) in [6.07, 6.45) is 2.38. The summed E-state index contributed by atoms with van der Waals surface area (Å²) in [5.41, 5.74) is 3.94.